The van der Waals surface area contributed by atoms with Gasteiger partial charge >= 0.3 is 11.2 Å². The van der Waals surface area contributed by atoms with Crippen molar-refractivity contribution in [2.24, 2.45) is 0 Å². The predicted molar refractivity (Wildman–Crippen MR) is 141 cm³/mol. The number of thiophene rings is 1. The van der Waals surface area contributed by atoms with Gasteiger partial charge in [-0.25, -0.2) is 8.42 Å². The van der Waals surface area contributed by atoms with Crippen molar-refractivity contribution in [3.05, 3.63) is 93.6 Å². The van der Waals surface area contributed by atoms with Crippen molar-refractivity contribution in [2.75, 3.05) is 4.31 Å². The second-order valence-electron chi connectivity index (χ2n) is 8.20. The average molecular weight is 578 g/mol. The molecule has 0 amide bonds. The van der Waals surface area contributed by atoms with Gasteiger partial charge in [0.05, 0.1) is 11.4 Å². The first-order chi connectivity index (χ1) is 18.0. The SMILES string of the molecule is Cc1c(N(Cc2ccc(OC(F)(F)F)cc2)S(=O)(=O)c2ccc(-c3nsc(=O)[nH]3)cc2)sc2ccccc12. The van der Waals surface area contributed by atoms with Crippen LogP contribution in [-0.2, 0) is 16.6 Å². The van der Waals surface area contributed by atoms with Gasteiger partial charge in [-0.1, -0.05) is 30.3 Å². The molecule has 0 unspecified atom stereocenters. The Balaban J connectivity index is 1.55. The molecule has 38 heavy (non-hydrogen) atoms. The molecule has 5 rings (SSSR count). The summed E-state index contributed by atoms with van der Waals surface area (Å²) in [6.45, 7) is 1.71. The minimum absolute atomic E-state index is 0.00714. The molecule has 13 heteroatoms. The van der Waals surface area contributed by atoms with E-state index in [0.717, 1.165) is 39.3 Å². The van der Waals surface area contributed by atoms with Gasteiger partial charge in [0.25, 0.3) is 10.0 Å². The van der Waals surface area contributed by atoms with Crippen LogP contribution in [0.3, 0.4) is 0 Å². The first-order valence-corrected chi connectivity index (χ1v) is 14.1. The third-order valence-electron chi connectivity index (χ3n) is 5.68. The number of nitrogens with zero attached hydrogens (tertiary/aromatic N) is 2. The molecule has 0 saturated carbocycles. The van der Waals surface area contributed by atoms with Gasteiger partial charge in [-0.2, -0.15) is 4.37 Å². The monoisotopic (exact) mass is 577 g/mol. The largest absolute Gasteiger partial charge is 0.573 e. The van der Waals surface area contributed by atoms with Crippen LogP contribution in [0.4, 0.5) is 18.2 Å². The first-order valence-electron chi connectivity index (χ1n) is 11.0. The lowest BCUT2D eigenvalue weighted by molar-refractivity contribution is -0.274. The van der Waals surface area contributed by atoms with Gasteiger partial charge in [0, 0.05) is 21.8 Å². The zero-order chi connectivity index (χ0) is 27.1. The molecular formula is C25H18F3N3O4S3. The zero-order valence-corrected chi connectivity index (χ0v) is 22.0. The minimum Gasteiger partial charge on any atom is -0.406 e. The number of aromatic amines is 1. The van der Waals surface area contributed by atoms with Crippen LogP contribution < -0.4 is 13.9 Å². The number of fused-ring (bicyclic) bond motifs is 1. The van der Waals surface area contributed by atoms with E-state index in [1.165, 1.54) is 39.9 Å². The van der Waals surface area contributed by atoms with Crippen molar-refractivity contribution in [2.45, 2.75) is 24.7 Å². The number of alkyl halides is 3. The van der Waals surface area contributed by atoms with E-state index >= 15 is 0 Å². The molecule has 0 spiro atoms. The normalized spacial score (nSPS) is 12.1. The fraction of sp³-hybridized carbons (Fsp3) is 0.120. The summed E-state index contributed by atoms with van der Waals surface area (Å²) in [5.41, 5.74) is 1.78. The maximum absolute atomic E-state index is 14.0. The fourth-order valence-corrected chi connectivity index (χ4v) is 7.29. The van der Waals surface area contributed by atoms with E-state index in [0.29, 0.717) is 22.0 Å². The number of benzene rings is 3. The third-order valence-corrected chi connectivity index (χ3v) is 9.40. The molecule has 0 fully saturated rings. The van der Waals surface area contributed by atoms with Gasteiger partial charge in [0.1, 0.15) is 10.8 Å². The van der Waals surface area contributed by atoms with Gasteiger partial charge in [-0.3, -0.25) is 14.1 Å². The maximum atomic E-state index is 14.0. The van der Waals surface area contributed by atoms with Crippen LogP contribution in [0.25, 0.3) is 21.5 Å². The quantitative estimate of drug-likeness (QED) is 0.245. The fourth-order valence-electron chi connectivity index (χ4n) is 3.89. The molecule has 7 nitrogen and oxygen atoms in total. The average Bonchev–Trinajstić information content (AvgIpc) is 3.46. The molecule has 2 heterocycles. The van der Waals surface area contributed by atoms with E-state index < -0.39 is 22.1 Å². The lowest BCUT2D eigenvalue weighted by atomic mass is 10.2. The summed E-state index contributed by atoms with van der Waals surface area (Å²) >= 11 is 2.07. The Labute approximate surface area is 223 Å². The molecule has 0 aliphatic rings. The van der Waals surface area contributed by atoms with Crippen LogP contribution in [0.1, 0.15) is 11.1 Å². The highest BCUT2D eigenvalue weighted by Crippen LogP contribution is 2.41. The molecule has 0 aliphatic heterocycles. The van der Waals surface area contributed by atoms with Gasteiger partial charge in [-0.15, -0.1) is 24.5 Å². The lowest BCUT2D eigenvalue weighted by Crippen LogP contribution is -2.30. The molecule has 196 valence electrons. The third kappa shape index (κ3) is 5.30. The summed E-state index contributed by atoms with van der Waals surface area (Å²) in [6, 6.07) is 18.6. The number of halogens is 3. The van der Waals surface area contributed by atoms with Crippen LogP contribution >= 0.6 is 22.9 Å². The highest BCUT2D eigenvalue weighted by Gasteiger charge is 2.32. The lowest BCUT2D eigenvalue weighted by Gasteiger charge is -2.24. The number of H-pyrrole nitrogens is 1. The maximum Gasteiger partial charge on any atom is 0.573 e. The van der Waals surface area contributed by atoms with E-state index in [9.17, 15) is 26.4 Å². The van der Waals surface area contributed by atoms with Gasteiger partial charge in [0.15, 0.2) is 5.82 Å². The van der Waals surface area contributed by atoms with E-state index in [1.54, 1.807) is 12.1 Å². The topological polar surface area (TPSA) is 92.4 Å². The molecule has 2 aromatic heterocycles. The smallest absolute Gasteiger partial charge is 0.406 e. The number of hydrogen-bond donors (Lipinski definition) is 1. The zero-order valence-electron chi connectivity index (χ0n) is 19.5. The molecule has 0 saturated heterocycles. The summed E-state index contributed by atoms with van der Waals surface area (Å²) < 4.78 is 75.7. The Morgan fingerprint density at radius 1 is 1.00 bits per heavy atom. The van der Waals surface area contributed by atoms with Crippen molar-refractivity contribution in [3.8, 4) is 17.1 Å². The molecule has 0 aliphatic carbocycles. The summed E-state index contributed by atoms with van der Waals surface area (Å²) in [4.78, 5) is 13.7. The van der Waals surface area contributed by atoms with Gasteiger partial charge < -0.3 is 4.74 Å². The molecule has 0 radical (unpaired) electrons. The number of anilines is 1. The van der Waals surface area contributed by atoms with Crippen molar-refractivity contribution in [1.82, 2.24) is 9.36 Å². The van der Waals surface area contributed by atoms with Crippen LogP contribution in [-0.4, -0.2) is 24.1 Å². The Hall–Kier alpha value is -3.68. The van der Waals surface area contributed by atoms with E-state index in [2.05, 4.69) is 14.1 Å². The Bertz CT molecular complexity index is 1760. The molecule has 0 bridgehead atoms. The molecule has 3 aromatic carbocycles. The van der Waals surface area contributed by atoms with Crippen LogP contribution in [0.15, 0.2) is 82.5 Å². The molecule has 1 N–H and O–H groups in total. The van der Waals surface area contributed by atoms with Crippen LogP contribution in [0.2, 0.25) is 0 Å². The number of aromatic nitrogens is 2. The van der Waals surface area contributed by atoms with Crippen molar-refractivity contribution in [3.63, 3.8) is 0 Å². The summed E-state index contributed by atoms with van der Waals surface area (Å²) in [5, 5.41) is 1.40. The number of nitrogens with one attached hydrogen (secondary N) is 1. The Morgan fingerprint density at radius 3 is 2.29 bits per heavy atom. The molecule has 0 atom stereocenters. The molecule has 5 aromatic rings. The number of aryl methyl sites for hydroxylation is 1. The predicted octanol–water partition coefficient (Wildman–Crippen LogP) is 6.32. The molecular weight excluding hydrogens is 559 g/mol. The van der Waals surface area contributed by atoms with Crippen molar-refractivity contribution >= 4 is 48.0 Å². The summed E-state index contributed by atoms with van der Waals surface area (Å²) in [6.07, 6.45) is -4.83. The Morgan fingerprint density at radius 2 is 1.68 bits per heavy atom. The highest BCUT2D eigenvalue weighted by molar-refractivity contribution is 7.93. The number of hydrogen-bond acceptors (Lipinski definition) is 7. The second kappa shape index (κ2) is 9.89. The van der Waals surface area contributed by atoms with Gasteiger partial charge in [-0.05, 0) is 65.9 Å². The number of ether oxygens (including phenoxy) is 1. The summed E-state index contributed by atoms with van der Waals surface area (Å²) in [5.74, 6) is -0.0632. The number of rotatable bonds is 7. The van der Waals surface area contributed by atoms with Crippen LogP contribution in [0.5, 0.6) is 5.75 Å². The standard InChI is InChI=1S/C25H18F3N3O4S3/c1-15-20-4-2-3-5-21(20)36-23(15)31(14-16-6-10-18(11-7-16)35-25(26,27)28)38(33,34)19-12-8-17(9-13-19)22-29-24(32)37-30-22/h2-13H,14H2,1H3,(H,29,30,32). The second-order valence-corrected chi connectivity index (χ2v) is 11.8. The van der Waals surface area contributed by atoms with Crippen LogP contribution in [0, 0.1) is 6.92 Å². The van der Waals surface area contributed by atoms with Crippen molar-refractivity contribution < 1.29 is 26.3 Å². The van der Waals surface area contributed by atoms with E-state index in [1.807, 2.05) is 31.2 Å². The highest BCUT2D eigenvalue weighted by atomic mass is 32.2. The Kier molecular flexibility index (Phi) is 6.75. The van der Waals surface area contributed by atoms with E-state index in [-0.39, 0.29) is 16.3 Å². The number of sulfonamides is 1. The first kappa shape index (κ1) is 25.9. The minimum atomic E-state index is -4.83. The summed E-state index contributed by atoms with van der Waals surface area (Å²) in [7, 11) is -4.11. The van der Waals surface area contributed by atoms with E-state index in [4.69, 9.17) is 0 Å². The van der Waals surface area contributed by atoms with Crippen molar-refractivity contribution in [1.29, 1.82) is 0 Å². The van der Waals surface area contributed by atoms with Gasteiger partial charge in [0.2, 0.25) is 0 Å².